The second kappa shape index (κ2) is 5.16. The van der Waals surface area contributed by atoms with Crippen molar-refractivity contribution >= 4 is 12.0 Å². The van der Waals surface area contributed by atoms with Crippen LogP contribution in [0.4, 0.5) is 13.2 Å². The van der Waals surface area contributed by atoms with E-state index in [1.54, 1.807) is 0 Å². The molecule has 0 aromatic heterocycles. The van der Waals surface area contributed by atoms with Gasteiger partial charge in [-0.25, -0.2) is 0 Å². The van der Waals surface area contributed by atoms with E-state index in [1.165, 1.54) is 31.3 Å². The van der Waals surface area contributed by atoms with Crippen LogP contribution in [0.15, 0.2) is 23.8 Å². The quantitative estimate of drug-likeness (QED) is 0.864. The Hall–Kier alpha value is -2.02. The largest absolute Gasteiger partial charge is 0.573 e. The first-order chi connectivity index (χ1) is 9.30. The van der Waals surface area contributed by atoms with Crippen LogP contribution in [-0.4, -0.2) is 36.1 Å². The maximum atomic E-state index is 12.1. The summed E-state index contributed by atoms with van der Waals surface area (Å²) in [4.78, 5) is 13.0. The molecule has 0 radical (unpaired) electrons. The Kier molecular flexibility index (Phi) is 3.71. The Labute approximate surface area is 113 Å². The van der Waals surface area contributed by atoms with Gasteiger partial charge in [0.05, 0.1) is 0 Å². The summed E-state index contributed by atoms with van der Waals surface area (Å²) in [6, 6.07) is 3.94. The molecule has 0 unspecified atom stereocenters. The van der Waals surface area contributed by atoms with Gasteiger partial charge in [0.25, 0.3) is 5.91 Å². The monoisotopic (exact) mass is 287 g/mol. The van der Waals surface area contributed by atoms with Crippen molar-refractivity contribution in [2.45, 2.75) is 12.8 Å². The molecular weight excluding hydrogens is 275 g/mol. The summed E-state index contributed by atoms with van der Waals surface area (Å²) in [5.41, 5.74) is 1.68. The van der Waals surface area contributed by atoms with Crippen LogP contribution >= 0.6 is 0 Å². The Morgan fingerprint density at radius 1 is 1.45 bits per heavy atom. The summed E-state index contributed by atoms with van der Waals surface area (Å²) < 4.78 is 40.2. The number of halogens is 3. The van der Waals surface area contributed by atoms with E-state index in [0.29, 0.717) is 17.6 Å². The number of hydrogen-bond donors (Lipinski definition) is 1. The first-order valence-corrected chi connectivity index (χ1v) is 5.76. The lowest BCUT2D eigenvalue weighted by atomic mass is 10.1. The number of aliphatic hydroxyl groups excluding tert-OH is 1. The summed E-state index contributed by atoms with van der Waals surface area (Å²) >= 11 is 0. The van der Waals surface area contributed by atoms with Gasteiger partial charge < -0.3 is 14.7 Å². The van der Waals surface area contributed by atoms with E-state index in [4.69, 9.17) is 5.11 Å². The van der Waals surface area contributed by atoms with Gasteiger partial charge in [-0.1, -0.05) is 6.07 Å². The van der Waals surface area contributed by atoms with Crippen LogP contribution in [0, 0.1) is 0 Å². The maximum absolute atomic E-state index is 12.1. The van der Waals surface area contributed by atoms with Gasteiger partial charge in [-0.15, -0.1) is 13.2 Å². The zero-order valence-electron chi connectivity index (χ0n) is 10.6. The first kappa shape index (κ1) is 14.4. The highest BCUT2D eigenvalue weighted by Crippen LogP contribution is 2.31. The highest BCUT2D eigenvalue weighted by atomic mass is 19.4. The predicted molar refractivity (Wildman–Crippen MR) is 64.7 cm³/mol. The van der Waals surface area contributed by atoms with Crippen molar-refractivity contribution in [2.75, 3.05) is 13.8 Å². The molecule has 0 atom stereocenters. The molecule has 1 aliphatic rings. The minimum absolute atomic E-state index is 0.322. The number of likely N-dealkylation sites (N-methyl/N-ethyl adjacent to an activating group) is 1. The van der Waals surface area contributed by atoms with Gasteiger partial charge in [-0.05, 0) is 29.3 Å². The predicted octanol–water partition coefficient (Wildman–Crippen LogP) is 1.93. The maximum Gasteiger partial charge on any atom is 0.573 e. The summed E-state index contributed by atoms with van der Waals surface area (Å²) in [7, 11) is 1.43. The molecule has 108 valence electrons. The van der Waals surface area contributed by atoms with Crippen LogP contribution < -0.4 is 4.74 Å². The van der Waals surface area contributed by atoms with Gasteiger partial charge in [-0.2, -0.15) is 0 Å². The molecule has 0 saturated carbocycles. The lowest BCUT2D eigenvalue weighted by Gasteiger charge is -2.13. The van der Waals surface area contributed by atoms with E-state index in [-0.39, 0.29) is 11.7 Å². The zero-order chi connectivity index (χ0) is 14.9. The molecule has 0 aliphatic heterocycles. The molecule has 0 heterocycles. The van der Waals surface area contributed by atoms with Crippen LogP contribution in [0.1, 0.15) is 11.1 Å². The summed E-state index contributed by atoms with van der Waals surface area (Å²) in [5.74, 6) is -0.682. The fourth-order valence-corrected chi connectivity index (χ4v) is 1.96. The number of carbonyl (C=O) groups is 1. The van der Waals surface area contributed by atoms with Crippen molar-refractivity contribution in [1.29, 1.82) is 0 Å². The van der Waals surface area contributed by atoms with Crippen LogP contribution in [0.3, 0.4) is 0 Å². The number of carbonyl (C=O) groups excluding carboxylic acids is 1. The molecule has 7 heteroatoms. The lowest BCUT2D eigenvalue weighted by Crippen LogP contribution is -2.28. The molecule has 1 aliphatic carbocycles. The number of nitrogens with zero attached hydrogens (tertiary/aromatic N) is 1. The van der Waals surface area contributed by atoms with E-state index in [0.717, 1.165) is 10.5 Å². The second-order valence-electron chi connectivity index (χ2n) is 4.40. The smallest absolute Gasteiger partial charge is 0.406 e. The molecule has 1 amide bonds. The summed E-state index contributed by atoms with van der Waals surface area (Å²) in [6.45, 7) is -0.422. The van der Waals surface area contributed by atoms with Crippen molar-refractivity contribution in [2.24, 2.45) is 0 Å². The molecule has 0 spiro atoms. The standard InChI is InChI=1S/C13H12F3NO3/c1-17(7-18)12(19)10-4-8-2-3-11(6-9(8)5-10)20-13(14,15)16/h2-3,5-6,18H,4,7H2,1H3. The number of ether oxygens (including phenoxy) is 1. The SMILES string of the molecule is CN(CO)C(=O)C1=Cc2cc(OC(F)(F)F)ccc2C1. The number of amides is 1. The molecule has 0 bridgehead atoms. The average molecular weight is 287 g/mol. The number of alkyl halides is 3. The van der Waals surface area contributed by atoms with Gasteiger partial charge in [0, 0.05) is 19.0 Å². The van der Waals surface area contributed by atoms with Crippen molar-refractivity contribution in [3.05, 3.63) is 34.9 Å². The van der Waals surface area contributed by atoms with Crippen LogP contribution in [0.5, 0.6) is 5.75 Å². The van der Waals surface area contributed by atoms with E-state index in [2.05, 4.69) is 4.74 Å². The van der Waals surface area contributed by atoms with Crippen molar-refractivity contribution < 1.29 is 27.8 Å². The lowest BCUT2D eigenvalue weighted by molar-refractivity contribution is -0.274. The zero-order valence-corrected chi connectivity index (χ0v) is 10.6. The molecule has 0 saturated heterocycles. The van der Waals surface area contributed by atoms with Crippen molar-refractivity contribution in [3.8, 4) is 5.75 Å². The third-order valence-corrected chi connectivity index (χ3v) is 2.90. The Morgan fingerprint density at radius 3 is 2.75 bits per heavy atom. The van der Waals surface area contributed by atoms with Crippen molar-refractivity contribution in [3.63, 3.8) is 0 Å². The molecular formula is C13H12F3NO3. The third kappa shape index (κ3) is 3.11. The average Bonchev–Trinajstić information content (AvgIpc) is 2.77. The minimum Gasteiger partial charge on any atom is -0.406 e. The Balaban J connectivity index is 2.21. The van der Waals surface area contributed by atoms with Gasteiger partial charge >= 0.3 is 6.36 Å². The summed E-state index contributed by atoms with van der Waals surface area (Å²) in [6.07, 6.45) is -2.91. The fourth-order valence-electron chi connectivity index (χ4n) is 1.96. The highest BCUT2D eigenvalue weighted by Gasteiger charge is 2.31. The Bertz CT molecular complexity index is 566. The van der Waals surface area contributed by atoms with Crippen LogP contribution in [0.2, 0.25) is 0 Å². The number of benzene rings is 1. The van der Waals surface area contributed by atoms with Crippen LogP contribution in [0.25, 0.3) is 6.08 Å². The van der Waals surface area contributed by atoms with Gasteiger partial charge in [0.1, 0.15) is 12.5 Å². The first-order valence-electron chi connectivity index (χ1n) is 5.76. The molecule has 1 aromatic carbocycles. The van der Waals surface area contributed by atoms with Gasteiger partial charge in [0.2, 0.25) is 0 Å². The molecule has 0 fully saturated rings. The van der Waals surface area contributed by atoms with Crippen molar-refractivity contribution in [1.82, 2.24) is 4.90 Å². The molecule has 20 heavy (non-hydrogen) atoms. The topological polar surface area (TPSA) is 49.8 Å². The summed E-state index contributed by atoms with van der Waals surface area (Å²) in [5, 5.41) is 8.89. The van der Waals surface area contributed by atoms with Gasteiger partial charge in [-0.3, -0.25) is 4.79 Å². The fraction of sp³-hybridized carbons (Fsp3) is 0.308. The molecule has 2 rings (SSSR count). The van der Waals surface area contributed by atoms with E-state index < -0.39 is 13.1 Å². The van der Waals surface area contributed by atoms with E-state index in [9.17, 15) is 18.0 Å². The minimum atomic E-state index is -4.74. The molecule has 1 N–H and O–H groups in total. The van der Waals surface area contributed by atoms with E-state index in [1.807, 2.05) is 0 Å². The number of hydrogen-bond acceptors (Lipinski definition) is 3. The molecule has 1 aromatic rings. The van der Waals surface area contributed by atoms with Crippen LogP contribution in [-0.2, 0) is 11.2 Å². The highest BCUT2D eigenvalue weighted by molar-refractivity contribution is 6.00. The second-order valence-corrected chi connectivity index (χ2v) is 4.40. The normalized spacial score (nSPS) is 13.8. The Morgan fingerprint density at radius 2 is 2.15 bits per heavy atom. The number of rotatable bonds is 3. The number of fused-ring (bicyclic) bond motifs is 1. The molecule has 4 nitrogen and oxygen atoms in total. The van der Waals surface area contributed by atoms with Gasteiger partial charge in [0.15, 0.2) is 0 Å². The number of aliphatic hydroxyl groups is 1. The third-order valence-electron chi connectivity index (χ3n) is 2.90. The van der Waals surface area contributed by atoms with E-state index >= 15 is 0 Å².